The van der Waals surface area contributed by atoms with Crippen molar-refractivity contribution in [3.05, 3.63) is 76.0 Å². The smallest absolute Gasteiger partial charge is 0.290 e. The van der Waals surface area contributed by atoms with Crippen LogP contribution >= 0.6 is 11.6 Å². The van der Waals surface area contributed by atoms with Gasteiger partial charge in [0.05, 0.1) is 25.3 Å². The van der Waals surface area contributed by atoms with Gasteiger partial charge in [0.15, 0.2) is 11.5 Å². The number of carbonyl (C=O) groups is 2. The third-order valence-corrected chi connectivity index (χ3v) is 5.20. The standard InChI is InChI=1S/C23H24ClNO4/c1-23(2,3)21(27)18-19(14-9-11-16(24)12-10-14)25(22(28)20(18)26)13-15-7-5-6-8-17(15)29-4/h5-12,19,26H,13H2,1-4H3. The number of methoxy groups -OCH3 is 1. The Kier molecular flexibility index (Phi) is 5.71. The van der Waals surface area contributed by atoms with Crippen molar-refractivity contribution in [2.75, 3.05) is 7.11 Å². The Morgan fingerprint density at radius 3 is 2.34 bits per heavy atom. The molecule has 0 fully saturated rings. The number of carbonyl (C=O) groups excluding carboxylic acids is 2. The minimum atomic E-state index is -0.755. The highest BCUT2D eigenvalue weighted by atomic mass is 35.5. The summed E-state index contributed by atoms with van der Waals surface area (Å²) >= 11 is 6.03. The molecule has 0 spiro atoms. The van der Waals surface area contributed by atoms with Gasteiger partial charge in [-0.05, 0) is 23.8 Å². The molecule has 1 aliphatic heterocycles. The number of hydrogen-bond acceptors (Lipinski definition) is 4. The number of nitrogens with zero attached hydrogens (tertiary/aromatic N) is 1. The lowest BCUT2D eigenvalue weighted by Gasteiger charge is -2.29. The topological polar surface area (TPSA) is 66.8 Å². The van der Waals surface area contributed by atoms with Crippen LogP contribution in [0.25, 0.3) is 0 Å². The second kappa shape index (κ2) is 7.91. The molecule has 29 heavy (non-hydrogen) atoms. The molecule has 1 unspecified atom stereocenters. The summed E-state index contributed by atoms with van der Waals surface area (Å²) in [7, 11) is 1.56. The van der Waals surface area contributed by atoms with E-state index in [1.165, 1.54) is 4.90 Å². The first kappa shape index (κ1) is 20.9. The maximum absolute atomic E-state index is 13.1. The molecule has 0 radical (unpaired) electrons. The number of ketones is 1. The van der Waals surface area contributed by atoms with Crippen LogP contribution in [0.15, 0.2) is 59.9 Å². The van der Waals surface area contributed by atoms with E-state index >= 15 is 0 Å². The molecule has 0 aromatic heterocycles. The Morgan fingerprint density at radius 2 is 1.76 bits per heavy atom. The number of aliphatic hydroxyl groups excluding tert-OH is 1. The molecule has 1 atom stereocenters. The number of halogens is 1. The van der Waals surface area contributed by atoms with Gasteiger partial charge in [0.2, 0.25) is 0 Å². The van der Waals surface area contributed by atoms with Gasteiger partial charge in [-0.1, -0.05) is 62.7 Å². The Balaban J connectivity index is 2.11. The van der Waals surface area contributed by atoms with Gasteiger partial charge in [-0.15, -0.1) is 0 Å². The van der Waals surface area contributed by atoms with Gasteiger partial charge < -0.3 is 14.7 Å². The molecule has 2 aromatic rings. The average Bonchev–Trinajstić information content (AvgIpc) is 2.92. The summed E-state index contributed by atoms with van der Waals surface area (Å²) in [6, 6.07) is 13.6. The molecule has 0 saturated carbocycles. The van der Waals surface area contributed by atoms with E-state index in [0.29, 0.717) is 16.3 Å². The fourth-order valence-electron chi connectivity index (χ4n) is 3.46. The van der Waals surface area contributed by atoms with E-state index in [0.717, 1.165) is 5.56 Å². The average molecular weight is 414 g/mol. The number of Topliss-reactive ketones (excluding diaryl/α,β-unsaturated/α-hetero) is 1. The van der Waals surface area contributed by atoms with E-state index in [4.69, 9.17) is 16.3 Å². The van der Waals surface area contributed by atoms with E-state index < -0.39 is 23.1 Å². The molecule has 0 bridgehead atoms. The van der Waals surface area contributed by atoms with Gasteiger partial charge >= 0.3 is 0 Å². The predicted octanol–water partition coefficient (Wildman–Crippen LogP) is 4.86. The van der Waals surface area contributed by atoms with Crippen LogP contribution < -0.4 is 4.74 Å². The molecule has 1 N–H and O–H groups in total. The fraction of sp³-hybridized carbons (Fsp3) is 0.304. The zero-order valence-electron chi connectivity index (χ0n) is 16.9. The lowest BCUT2D eigenvalue weighted by atomic mass is 9.82. The number of benzene rings is 2. The molecule has 2 aromatic carbocycles. The molecule has 5 nitrogen and oxygen atoms in total. The maximum atomic E-state index is 13.1. The van der Waals surface area contributed by atoms with Crippen molar-refractivity contribution in [3.8, 4) is 5.75 Å². The van der Waals surface area contributed by atoms with Crippen molar-refractivity contribution in [2.45, 2.75) is 33.4 Å². The van der Waals surface area contributed by atoms with Gasteiger partial charge in [-0.2, -0.15) is 0 Å². The van der Waals surface area contributed by atoms with Gasteiger partial charge in [0.25, 0.3) is 5.91 Å². The summed E-state index contributed by atoms with van der Waals surface area (Å²) in [5.74, 6) is -0.723. The van der Waals surface area contributed by atoms with Crippen LogP contribution in [-0.2, 0) is 16.1 Å². The normalized spacial score (nSPS) is 17.1. The van der Waals surface area contributed by atoms with Crippen LogP contribution in [0, 0.1) is 5.41 Å². The molecule has 0 aliphatic carbocycles. The molecule has 1 amide bonds. The summed E-state index contributed by atoms with van der Waals surface area (Å²) in [6.45, 7) is 5.48. The number of para-hydroxylation sites is 1. The van der Waals surface area contributed by atoms with E-state index in [1.807, 2.05) is 24.3 Å². The minimum absolute atomic E-state index is 0.111. The Morgan fingerprint density at radius 1 is 1.14 bits per heavy atom. The lowest BCUT2D eigenvalue weighted by Crippen LogP contribution is -2.32. The number of amides is 1. The summed E-state index contributed by atoms with van der Waals surface area (Å²) in [6.07, 6.45) is 0. The highest BCUT2D eigenvalue weighted by molar-refractivity contribution is 6.30. The maximum Gasteiger partial charge on any atom is 0.290 e. The summed E-state index contributed by atoms with van der Waals surface area (Å²) in [4.78, 5) is 27.6. The molecular weight excluding hydrogens is 390 g/mol. The second-order valence-corrected chi connectivity index (χ2v) is 8.48. The van der Waals surface area contributed by atoms with Gasteiger partial charge in [0.1, 0.15) is 5.75 Å². The van der Waals surface area contributed by atoms with Crippen molar-refractivity contribution < 1.29 is 19.4 Å². The van der Waals surface area contributed by atoms with Crippen LogP contribution in [0.3, 0.4) is 0 Å². The highest BCUT2D eigenvalue weighted by Gasteiger charge is 2.46. The van der Waals surface area contributed by atoms with Gasteiger partial charge in [-0.3, -0.25) is 9.59 Å². The second-order valence-electron chi connectivity index (χ2n) is 8.04. The number of rotatable bonds is 5. The molecule has 152 valence electrons. The van der Waals surface area contributed by atoms with Crippen LogP contribution in [0.2, 0.25) is 5.02 Å². The zero-order chi connectivity index (χ0) is 21.3. The lowest BCUT2D eigenvalue weighted by molar-refractivity contribution is -0.130. The Bertz CT molecular complexity index is 973. The molecular formula is C23H24ClNO4. The summed E-state index contributed by atoms with van der Waals surface area (Å²) in [5.41, 5.74) is 0.836. The fourth-order valence-corrected chi connectivity index (χ4v) is 3.59. The van der Waals surface area contributed by atoms with E-state index in [-0.39, 0.29) is 17.9 Å². The molecule has 0 saturated heterocycles. The van der Waals surface area contributed by atoms with Crippen molar-refractivity contribution >= 4 is 23.3 Å². The van der Waals surface area contributed by atoms with Crippen LogP contribution in [0.4, 0.5) is 0 Å². The van der Waals surface area contributed by atoms with Gasteiger partial charge in [-0.25, -0.2) is 0 Å². The highest BCUT2D eigenvalue weighted by Crippen LogP contribution is 2.42. The van der Waals surface area contributed by atoms with E-state index in [2.05, 4.69) is 0 Å². The largest absolute Gasteiger partial charge is 0.503 e. The third kappa shape index (κ3) is 4.01. The van der Waals surface area contributed by atoms with Crippen molar-refractivity contribution in [2.24, 2.45) is 5.41 Å². The van der Waals surface area contributed by atoms with Crippen LogP contribution in [0.5, 0.6) is 5.75 Å². The number of hydrogen-bond donors (Lipinski definition) is 1. The van der Waals surface area contributed by atoms with Crippen molar-refractivity contribution in [1.82, 2.24) is 4.90 Å². The summed E-state index contributed by atoms with van der Waals surface area (Å²) in [5, 5.41) is 11.2. The quantitative estimate of drug-likeness (QED) is 0.760. The van der Waals surface area contributed by atoms with Gasteiger partial charge in [0, 0.05) is 16.0 Å². The third-order valence-electron chi connectivity index (χ3n) is 4.95. The number of aliphatic hydroxyl groups is 1. The first-order valence-corrected chi connectivity index (χ1v) is 9.69. The summed E-state index contributed by atoms with van der Waals surface area (Å²) < 4.78 is 5.40. The van der Waals surface area contributed by atoms with Crippen molar-refractivity contribution in [3.63, 3.8) is 0 Å². The van der Waals surface area contributed by atoms with E-state index in [9.17, 15) is 14.7 Å². The van der Waals surface area contributed by atoms with Crippen LogP contribution in [-0.4, -0.2) is 28.8 Å². The van der Waals surface area contributed by atoms with Crippen LogP contribution in [0.1, 0.15) is 37.9 Å². The molecule has 1 heterocycles. The Labute approximate surface area is 175 Å². The van der Waals surface area contributed by atoms with E-state index in [1.54, 1.807) is 52.1 Å². The molecule has 1 aliphatic rings. The Hall–Kier alpha value is -2.79. The molecule has 3 rings (SSSR count). The van der Waals surface area contributed by atoms with Crippen molar-refractivity contribution in [1.29, 1.82) is 0 Å². The first-order valence-electron chi connectivity index (χ1n) is 9.31. The zero-order valence-corrected chi connectivity index (χ0v) is 17.7. The first-order chi connectivity index (χ1) is 13.6. The molecule has 6 heteroatoms. The predicted molar refractivity (Wildman–Crippen MR) is 112 cm³/mol. The monoisotopic (exact) mass is 413 g/mol. The SMILES string of the molecule is COc1ccccc1CN1C(=O)C(O)=C(C(=O)C(C)(C)C)C1c1ccc(Cl)cc1. The minimum Gasteiger partial charge on any atom is -0.503 e. The number of ether oxygens (including phenoxy) is 1.